The first kappa shape index (κ1) is 24.4. The summed E-state index contributed by atoms with van der Waals surface area (Å²) in [7, 11) is 0. The maximum Gasteiger partial charge on any atom is 0.134 e. The highest BCUT2D eigenvalue weighted by Crippen LogP contribution is 2.22. The lowest BCUT2D eigenvalue weighted by atomic mass is 10.0. The third kappa shape index (κ3) is 9.73. The molecular formula is C27H40FNO. The summed E-state index contributed by atoms with van der Waals surface area (Å²) in [6.45, 7) is 6.42. The zero-order valence-corrected chi connectivity index (χ0v) is 19.2. The van der Waals surface area contributed by atoms with Gasteiger partial charge in [0.15, 0.2) is 0 Å². The number of aromatic nitrogens is 1. The molecule has 2 aromatic rings. The number of nitrogens with zero attached hydrogens (tertiary/aromatic N) is 1. The van der Waals surface area contributed by atoms with Crippen molar-refractivity contribution < 1.29 is 9.13 Å². The van der Waals surface area contributed by atoms with Crippen LogP contribution in [0.15, 0.2) is 42.6 Å². The summed E-state index contributed by atoms with van der Waals surface area (Å²) in [5.41, 5.74) is 3.33. The molecule has 0 saturated heterocycles. The van der Waals surface area contributed by atoms with Gasteiger partial charge in [0.25, 0.3) is 0 Å². The van der Waals surface area contributed by atoms with E-state index in [9.17, 15) is 4.39 Å². The van der Waals surface area contributed by atoms with Crippen molar-refractivity contribution in [3.8, 4) is 17.0 Å². The van der Waals surface area contributed by atoms with E-state index in [2.05, 4.69) is 24.0 Å². The number of hydrogen-bond acceptors (Lipinski definition) is 2. The fraction of sp³-hybridized carbons (Fsp3) is 0.593. The first-order valence-corrected chi connectivity index (χ1v) is 11.9. The molecule has 3 heteroatoms. The Hall–Kier alpha value is -1.90. The minimum Gasteiger partial charge on any atom is -0.491 e. The number of alkyl halides is 1. The topological polar surface area (TPSA) is 22.1 Å². The third-order valence-electron chi connectivity index (χ3n) is 5.45. The molecule has 0 fully saturated rings. The average Bonchev–Trinajstić information content (AvgIpc) is 2.74. The minimum absolute atomic E-state index is 0.114. The predicted octanol–water partition coefficient (Wildman–Crippen LogP) is 8.19. The van der Waals surface area contributed by atoms with Crippen molar-refractivity contribution in [1.29, 1.82) is 0 Å². The van der Waals surface area contributed by atoms with E-state index in [1.807, 2.05) is 44.3 Å². The van der Waals surface area contributed by atoms with E-state index in [0.29, 0.717) is 18.1 Å². The van der Waals surface area contributed by atoms with Crippen LogP contribution in [0.2, 0.25) is 0 Å². The maximum absolute atomic E-state index is 13.8. The summed E-state index contributed by atoms with van der Waals surface area (Å²) in [6, 6.07) is 12.1. The van der Waals surface area contributed by atoms with Crippen LogP contribution in [-0.2, 0) is 6.42 Å². The van der Waals surface area contributed by atoms with Crippen LogP contribution in [-0.4, -0.2) is 17.8 Å². The van der Waals surface area contributed by atoms with Gasteiger partial charge in [-0.1, -0.05) is 71.8 Å². The molecule has 1 heterocycles. The van der Waals surface area contributed by atoms with Crippen molar-refractivity contribution >= 4 is 0 Å². The van der Waals surface area contributed by atoms with Crippen molar-refractivity contribution in [2.75, 3.05) is 6.61 Å². The van der Waals surface area contributed by atoms with Crippen LogP contribution in [0.25, 0.3) is 11.3 Å². The second kappa shape index (κ2) is 14.2. The van der Waals surface area contributed by atoms with Crippen LogP contribution >= 0.6 is 0 Å². The summed E-state index contributed by atoms with van der Waals surface area (Å²) in [5, 5.41) is 0. The smallest absolute Gasteiger partial charge is 0.134 e. The molecule has 0 spiro atoms. The predicted molar refractivity (Wildman–Crippen MR) is 126 cm³/mol. The number of unbranched alkanes of at least 4 members (excludes halogenated alkanes) is 7. The molecule has 1 aromatic carbocycles. The van der Waals surface area contributed by atoms with Gasteiger partial charge in [-0.05, 0) is 61.1 Å². The molecule has 0 aliphatic carbocycles. The van der Waals surface area contributed by atoms with Gasteiger partial charge in [0.05, 0.1) is 5.69 Å². The molecule has 2 nitrogen and oxygen atoms in total. The Morgan fingerprint density at radius 1 is 0.867 bits per heavy atom. The molecule has 30 heavy (non-hydrogen) atoms. The first-order valence-electron chi connectivity index (χ1n) is 11.9. The third-order valence-corrected chi connectivity index (χ3v) is 5.45. The first-order chi connectivity index (χ1) is 14.6. The fourth-order valence-corrected chi connectivity index (χ4v) is 3.69. The van der Waals surface area contributed by atoms with Crippen LogP contribution < -0.4 is 4.74 Å². The largest absolute Gasteiger partial charge is 0.491 e. The Balaban J connectivity index is 1.71. The zero-order chi connectivity index (χ0) is 21.6. The summed E-state index contributed by atoms with van der Waals surface area (Å²) in [5.74, 6) is 1.05. The van der Waals surface area contributed by atoms with Gasteiger partial charge >= 0.3 is 0 Å². The molecule has 0 aliphatic rings. The molecule has 1 unspecified atom stereocenters. The lowest BCUT2D eigenvalue weighted by Gasteiger charge is -2.12. The van der Waals surface area contributed by atoms with Crippen molar-refractivity contribution in [3.05, 3.63) is 48.2 Å². The summed E-state index contributed by atoms with van der Waals surface area (Å²) in [4.78, 5) is 4.63. The molecule has 0 radical (unpaired) electrons. The van der Waals surface area contributed by atoms with Gasteiger partial charge in [0.2, 0.25) is 0 Å². The van der Waals surface area contributed by atoms with E-state index in [-0.39, 0.29) is 6.61 Å². The van der Waals surface area contributed by atoms with E-state index in [1.165, 1.54) is 56.9 Å². The second-order valence-corrected chi connectivity index (χ2v) is 8.84. The van der Waals surface area contributed by atoms with E-state index in [0.717, 1.165) is 17.7 Å². The number of rotatable bonds is 15. The van der Waals surface area contributed by atoms with Gasteiger partial charge in [-0.2, -0.15) is 0 Å². The fourth-order valence-electron chi connectivity index (χ4n) is 3.69. The summed E-state index contributed by atoms with van der Waals surface area (Å²) in [6.07, 6.45) is 13.5. The van der Waals surface area contributed by atoms with Crippen LogP contribution in [0, 0.1) is 5.92 Å². The molecule has 0 N–H and O–H groups in total. The van der Waals surface area contributed by atoms with Crippen molar-refractivity contribution in [2.45, 2.75) is 91.2 Å². The number of ether oxygens (including phenoxy) is 1. The lowest BCUT2D eigenvalue weighted by Crippen LogP contribution is -2.15. The lowest BCUT2D eigenvalue weighted by molar-refractivity contribution is 0.174. The van der Waals surface area contributed by atoms with Gasteiger partial charge < -0.3 is 4.74 Å². The van der Waals surface area contributed by atoms with Crippen LogP contribution in [0.3, 0.4) is 0 Å². The molecule has 0 bridgehead atoms. The molecule has 1 atom stereocenters. The molecule has 1 aromatic heterocycles. The highest BCUT2D eigenvalue weighted by Gasteiger charge is 2.10. The van der Waals surface area contributed by atoms with Gasteiger partial charge in [-0.25, -0.2) is 4.39 Å². The quantitative estimate of drug-likeness (QED) is 0.275. The van der Waals surface area contributed by atoms with E-state index in [4.69, 9.17) is 4.74 Å². The van der Waals surface area contributed by atoms with Crippen LogP contribution in [0.4, 0.5) is 4.39 Å². The van der Waals surface area contributed by atoms with Crippen molar-refractivity contribution in [1.82, 2.24) is 4.98 Å². The van der Waals surface area contributed by atoms with Crippen LogP contribution in [0.5, 0.6) is 5.75 Å². The number of hydrogen-bond donors (Lipinski definition) is 0. The number of benzene rings is 1. The Morgan fingerprint density at radius 2 is 1.53 bits per heavy atom. The van der Waals surface area contributed by atoms with Gasteiger partial charge in [0.1, 0.15) is 18.5 Å². The summed E-state index contributed by atoms with van der Waals surface area (Å²) >= 11 is 0. The standard InChI is InChI=1S/C27H40FNO/c1-4-5-6-7-8-9-10-11-12-23-13-18-27(29-20-23)24-14-16-26(17-15-24)30-21-25(28)19-22(2)3/h13-18,20,22,25H,4-12,19,21H2,1-3H3. The van der Waals surface area contributed by atoms with E-state index < -0.39 is 6.17 Å². The Morgan fingerprint density at radius 3 is 2.13 bits per heavy atom. The maximum atomic E-state index is 13.8. The molecule has 0 amide bonds. The van der Waals surface area contributed by atoms with E-state index >= 15 is 0 Å². The number of aryl methyl sites for hydroxylation is 1. The molecule has 2 rings (SSSR count). The Kier molecular flexibility index (Phi) is 11.5. The Bertz CT molecular complexity index is 681. The zero-order valence-electron chi connectivity index (χ0n) is 19.2. The van der Waals surface area contributed by atoms with Crippen LogP contribution in [0.1, 0.15) is 84.1 Å². The highest BCUT2D eigenvalue weighted by atomic mass is 19.1. The van der Waals surface area contributed by atoms with Gasteiger partial charge in [0, 0.05) is 11.8 Å². The van der Waals surface area contributed by atoms with Gasteiger partial charge in [-0.15, -0.1) is 0 Å². The normalized spacial score (nSPS) is 12.3. The average molecular weight is 414 g/mol. The number of pyridine rings is 1. The number of halogens is 1. The van der Waals surface area contributed by atoms with Gasteiger partial charge in [-0.3, -0.25) is 4.98 Å². The van der Waals surface area contributed by atoms with Crippen molar-refractivity contribution in [3.63, 3.8) is 0 Å². The molecule has 0 aliphatic heterocycles. The monoisotopic (exact) mass is 413 g/mol. The highest BCUT2D eigenvalue weighted by molar-refractivity contribution is 5.60. The Labute approximate surface area is 183 Å². The SMILES string of the molecule is CCCCCCCCCCc1ccc(-c2ccc(OCC(F)CC(C)C)cc2)nc1. The molecule has 0 saturated carbocycles. The minimum atomic E-state index is -0.917. The molecular weight excluding hydrogens is 373 g/mol. The molecule has 166 valence electrons. The van der Waals surface area contributed by atoms with Crippen molar-refractivity contribution in [2.24, 2.45) is 5.92 Å². The second-order valence-electron chi connectivity index (χ2n) is 8.84. The van der Waals surface area contributed by atoms with E-state index in [1.54, 1.807) is 0 Å². The summed E-state index contributed by atoms with van der Waals surface area (Å²) < 4.78 is 19.4.